The van der Waals surface area contributed by atoms with Gasteiger partial charge in [-0.2, -0.15) is 0 Å². The molecular formula is C23H27N5O2. The van der Waals surface area contributed by atoms with Crippen LogP contribution in [0.4, 0.5) is 11.8 Å². The zero-order chi connectivity index (χ0) is 20.8. The second-order valence-electron chi connectivity index (χ2n) is 7.40. The Morgan fingerprint density at radius 2 is 1.70 bits per heavy atom. The summed E-state index contributed by atoms with van der Waals surface area (Å²) in [5.41, 5.74) is 2.56. The van der Waals surface area contributed by atoms with Crippen molar-refractivity contribution in [1.82, 2.24) is 15.0 Å². The van der Waals surface area contributed by atoms with E-state index in [2.05, 4.69) is 31.9 Å². The Morgan fingerprint density at radius 1 is 0.967 bits per heavy atom. The van der Waals surface area contributed by atoms with E-state index in [1.807, 2.05) is 42.6 Å². The molecule has 3 aromatic rings. The Hall–Kier alpha value is -3.19. The number of benzene rings is 1. The van der Waals surface area contributed by atoms with E-state index in [1.54, 1.807) is 7.11 Å². The average molecular weight is 406 g/mol. The molecule has 1 aliphatic rings. The van der Waals surface area contributed by atoms with Crippen LogP contribution in [-0.2, 0) is 24.2 Å². The summed E-state index contributed by atoms with van der Waals surface area (Å²) >= 11 is 0. The van der Waals surface area contributed by atoms with Crippen LogP contribution in [0.5, 0.6) is 0 Å². The molecule has 0 radical (unpaired) electrons. The molecule has 2 aromatic heterocycles. The highest BCUT2D eigenvalue weighted by Gasteiger charge is 2.21. The van der Waals surface area contributed by atoms with Crippen molar-refractivity contribution in [2.45, 2.75) is 19.4 Å². The van der Waals surface area contributed by atoms with Crippen LogP contribution in [0.15, 0.2) is 59.5 Å². The number of aromatic amines is 1. The fourth-order valence-corrected chi connectivity index (χ4v) is 3.80. The van der Waals surface area contributed by atoms with Gasteiger partial charge in [-0.1, -0.05) is 36.4 Å². The first-order chi connectivity index (χ1) is 14.7. The highest BCUT2D eigenvalue weighted by Crippen LogP contribution is 2.17. The summed E-state index contributed by atoms with van der Waals surface area (Å²) in [6, 6.07) is 16.1. The lowest BCUT2D eigenvalue weighted by Crippen LogP contribution is -2.48. The van der Waals surface area contributed by atoms with Gasteiger partial charge in [0.25, 0.3) is 5.56 Å². The molecule has 0 amide bonds. The molecule has 0 spiro atoms. The number of nitrogens with zero attached hydrogens (tertiary/aromatic N) is 4. The first-order valence-corrected chi connectivity index (χ1v) is 10.3. The summed E-state index contributed by atoms with van der Waals surface area (Å²) in [6.45, 7) is 3.53. The molecule has 0 atom stereocenters. The van der Waals surface area contributed by atoms with Crippen LogP contribution in [0.3, 0.4) is 0 Å². The lowest BCUT2D eigenvalue weighted by Gasteiger charge is -2.35. The predicted molar refractivity (Wildman–Crippen MR) is 118 cm³/mol. The summed E-state index contributed by atoms with van der Waals surface area (Å²) in [5.74, 6) is 1.60. The fourth-order valence-electron chi connectivity index (χ4n) is 3.80. The topological polar surface area (TPSA) is 74.3 Å². The minimum Gasteiger partial charge on any atom is -0.378 e. The van der Waals surface area contributed by atoms with E-state index < -0.39 is 0 Å². The molecule has 7 heteroatoms. The molecule has 0 unspecified atom stereocenters. The molecule has 7 nitrogen and oxygen atoms in total. The molecule has 1 saturated heterocycles. The Bertz CT molecular complexity index is 999. The van der Waals surface area contributed by atoms with E-state index in [9.17, 15) is 4.79 Å². The lowest BCUT2D eigenvalue weighted by molar-refractivity contribution is 0.180. The van der Waals surface area contributed by atoms with Crippen LogP contribution in [-0.4, -0.2) is 48.2 Å². The lowest BCUT2D eigenvalue weighted by atomic mass is 10.0. The van der Waals surface area contributed by atoms with E-state index in [0.717, 1.165) is 44.1 Å². The molecular weight excluding hydrogens is 378 g/mol. The predicted octanol–water partition coefficient (Wildman–Crippen LogP) is 2.42. The maximum absolute atomic E-state index is 12.9. The van der Waals surface area contributed by atoms with E-state index in [0.29, 0.717) is 24.5 Å². The molecule has 1 N–H and O–H groups in total. The Labute approximate surface area is 176 Å². The number of ether oxygens (including phenoxy) is 1. The average Bonchev–Trinajstić information content (AvgIpc) is 2.80. The molecule has 1 fully saturated rings. The van der Waals surface area contributed by atoms with Gasteiger partial charge in [0, 0.05) is 45.0 Å². The van der Waals surface area contributed by atoms with Gasteiger partial charge in [0.05, 0.1) is 12.3 Å². The molecule has 3 heterocycles. The van der Waals surface area contributed by atoms with Crippen molar-refractivity contribution in [3.05, 3.63) is 81.9 Å². The Balaban J connectivity index is 1.48. The second kappa shape index (κ2) is 9.54. The van der Waals surface area contributed by atoms with Crippen molar-refractivity contribution >= 4 is 11.8 Å². The minimum atomic E-state index is -0.0739. The summed E-state index contributed by atoms with van der Waals surface area (Å²) in [7, 11) is 1.63. The number of hydrogen-bond donors (Lipinski definition) is 1. The van der Waals surface area contributed by atoms with E-state index in [1.165, 1.54) is 5.56 Å². The number of methoxy groups -OCH3 is 1. The van der Waals surface area contributed by atoms with Crippen molar-refractivity contribution in [3.8, 4) is 0 Å². The highest BCUT2D eigenvalue weighted by atomic mass is 16.5. The van der Waals surface area contributed by atoms with Crippen LogP contribution >= 0.6 is 0 Å². The van der Waals surface area contributed by atoms with Gasteiger partial charge in [0.1, 0.15) is 5.82 Å². The zero-order valence-corrected chi connectivity index (χ0v) is 17.3. The number of pyridine rings is 1. The number of nitrogens with one attached hydrogen (secondary N) is 1. The maximum atomic E-state index is 12.9. The van der Waals surface area contributed by atoms with Crippen molar-refractivity contribution < 1.29 is 4.74 Å². The van der Waals surface area contributed by atoms with Gasteiger partial charge in [0.2, 0.25) is 5.95 Å². The Kier molecular flexibility index (Phi) is 6.39. The van der Waals surface area contributed by atoms with Crippen molar-refractivity contribution in [2.24, 2.45) is 0 Å². The first-order valence-electron chi connectivity index (χ1n) is 10.3. The smallest absolute Gasteiger partial charge is 0.255 e. The van der Waals surface area contributed by atoms with Gasteiger partial charge in [-0.25, -0.2) is 9.97 Å². The number of hydrogen-bond acceptors (Lipinski definition) is 6. The summed E-state index contributed by atoms with van der Waals surface area (Å²) in [4.78, 5) is 29.5. The SMILES string of the molecule is COCc1nc(N2CCN(c3ccccn3)CC2)[nH]c(=O)c1CCc1ccccc1. The second-order valence-corrected chi connectivity index (χ2v) is 7.40. The van der Waals surface area contributed by atoms with E-state index in [-0.39, 0.29) is 5.56 Å². The first kappa shape index (κ1) is 20.1. The molecule has 0 aliphatic carbocycles. The molecule has 1 aromatic carbocycles. The summed E-state index contributed by atoms with van der Waals surface area (Å²) in [6.07, 6.45) is 3.25. The third-order valence-corrected chi connectivity index (χ3v) is 5.43. The number of rotatable bonds is 7. The third-order valence-electron chi connectivity index (χ3n) is 5.43. The van der Waals surface area contributed by atoms with Gasteiger partial charge in [-0.05, 0) is 30.5 Å². The quantitative estimate of drug-likeness (QED) is 0.651. The number of aryl methyl sites for hydroxylation is 1. The normalized spacial score (nSPS) is 14.2. The fraction of sp³-hybridized carbons (Fsp3) is 0.348. The summed E-state index contributed by atoms with van der Waals surface area (Å²) in [5, 5.41) is 0. The van der Waals surface area contributed by atoms with Gasteiger partial charge in [-0.3, -0.25) is 9.78 Å². The molecule has 0 bridgehead atoms. The Morgan fingerprint density at radius 3 is 2.40 bits per heavy atom. The van der Waals surface area contributed by atoms with Gasteiger partial charge in [0.15, 0.2) is 0 Å². The summed E-state index contributed by atoms with van der Waals surface area (Å²) < 4.78 is 5.34. The molecule has 4 rings (SSSR count). The number of piperazine rings is 1. The van der Waals surface area contributed by atoms with Crippen LogP contribution in [0.25, 0.3) is 0 Å². The van der Waals surface area contributed by atoms with E-state index in [4.69, 9.17) is 9.72 Å². The van der Waals surface area contributed by atoms with E-state index >= 15 is 0 Å². The monoisotopic (exact) mass is 405 g/mol. The number of H-pyrrole nitrogens is 1. The minimum absolute atomic E-state index is 0.0739. The third kappa shape index (κ3) is 4.68. The zero-order valence-electron chi connectivity index (χ0n) is 17.3. The van der Waals surface area contributed by atoms with Crippen molar-refractivity contribution in [1.29, 1.82) is 0 Å². The van der Waals surface area contributed by atoms with Crippen LogP contribution in [0.1, 0.15) is 16.8 Å². The van der Waals surface area contributed by atoms with Crippen LogP contribution in [0, 0.1) is 0 Å². The molecule has 156 valence electrons. The number of anilines is 2. The van der Waals surface area contributed by atoms with Gasteiger partial charge in [-0.15, -0.1) is 0 Å². The highest BCUT2D eigenvalue weighted by molar-refractivity contribution is 5.42. The van der Waals surface area contributed by atoms with Crippen molar-refractivity contribution in [3.63, 3.8) is 0 Å². The molecule has 1 aliphatic heterocycles. The maximum Gasteiger partial charge on any atom is 0.255 e. The van der Waals surface area contributed by atoms with Gasteiger partial charge < -0.3 is 14.5 Å². The van der Waals surface area contributed by atoms with Gasteiger partial charge >= 0.3 is 0 Å². The van der Waals surface area contributed by atoms with Crippen molar-refractivity contribution in [2.75, 3.05) is 43.1 Å². The van der Waals surface area contributed by atoms with Crippen LogP contribution in [0.2, 0.25) is 0 Å². The number of aromatic nitrogens is 3. The standard InChI is InChI=1S/C23H27N5O2/c1-30-17-20-19(11-10-18-7-3-2-4-8-18)22(29)26-23(25-20)28-15-13-27(14-16-28)21-9-5-6-12-24-21/h2-9,12H,10-11,13-17H2,1H3,(H,25,26,29). The molecule has 0 saturated carbocycles. The van der Waals surface area contributed by atoms with Crippen LogP contribution < -0.4 is 15.4 Å². The largest absolute Gasteiger partial charge is 0.378 e. The molecule has 30 heavy (non-hydrogen) atoms.